The zero-order chi connectivity index (χ0) is 19.2. The summed E-state index contributed by atoms with van der Waals surface area (Å²) in [6, 6.07) is 18.6. The molecule has 0 fully saturated rings. The third kappa shape index (κ3) is 7.76. The molecule has 0 saturated carbocycles. The number of nitrogens with zero attached hydrogens (tertiary/aromatic N) is 2. The fourth-order valence-electron chi connectivity index (χ4n) is 2.33. The Morgan fingerprint density at radius 1 is 1.08 bits per heavy atom. The van der Waals surface area contributed by atoms with Crippen molar-refractivity contribution in [1.29, 1.82) is 5.41 Å². The van der Waals surface area contributed by atoms with E-state index in [1.165, 1.54) is 19.1 Å². The van der Waals surface area contributed by atoms with E-state index in [-0.39, 0.29) is 12.3 Å². The van der Waals surface area contributed by atoms with Crippen molar-refractivity contribution in [2.24, 2.45) is 0 Å². The molecule has 3 N–H and O–H groups in total. The number of halogens is 1. The normalized spacial score (nSPS) is 9.69. The van der Waals surface area contributed by atoms with Gasteiger partial charge in [-0.25, -0.2) is 4.72 Å². The second kappa shape index (κ2) is 13.0. The smallest absolute Gasteiger partial charge is 0.131 e. The van der Waals surface area contributed by atoms with E-state index in [4.69, 9.17) is 5.41 Å². The molecule has 0 unspecified atom stereocenters. The quantitative estimate of drug-likeness (QED) is 0.343. The molecule has 0 spiro atoms. The van der Waals surface area contributed by atoms with Crippen LogP contribution in [-0.4, -0.2) is 40.1 Å². The first-order chi connectivity index (χ1) is 12.7. The summed E-state index contributed by atoms with van der Waals surface area (Å²) in [7, 11) is 3.39. The number of benzene rings is 2. The third-order valence-electron chi connectivity index (χ3n) is 3.76. The summed E-state index contributed by atoms with van der Waals surface area (Å²) >= 11 is 0.106. The Kier molecular flexibility index (Phi) is 10.9. The molecular formula is C19H28FN5S. The fourth-order valence-corrected chi connectivity index (χ4v) is 2.33. The van der Waals surface area contributed by atoms with E-state index >= 15 is 0 Å². The van der Waals surface area contributed by atoms with Crippen LogP contribution in [0.4, 0.5) is 20.9 Å². The number of hydrogen-bond acceptors (Lipinski definition) is 5. The first-order valence-electron chi connectivity index (χ1n) is 8.47. The SMILES string of the molecule is CCN(CCNc1ccc(N(C)C=N)cc1)c1ccccc1.CNSF. The van der Waals surface area contributed by atoms with Crippen LogP contribution in [0, 0.1) is 5.41 Å². The molecular weight excluding hydrogens is 349 g/mol. The Hall–Kier alpha value is -2.25. The molecule has 26 heavy (non-hydrogen) atoms. The van der Waals surface area contributed by atoms with Gasteiger partial charge in [0.15, 0.2) is 0 Å². The third-order valence-corrected chi connectivity index (χ3v) is 3.91. The average Bonchev–Trinajstić information content (AvgIpc) is 2.72. The molecule has 0 aliphatic rings. The van der Waals surface area contributed by atoms with Crippen molar-refractivity contribution in [3.8, 4) is 0 Å². The zero-order valence-electron chi connectivity index (χ0n) is 15.6. The van der Waals surface area contributed by atoms with Crippen molar-refractivity contribution < 1.29 is 3.89 Å². The van der Waals surface area contributed by atoms with E-state index in [9.17, 15) is 3.89 Å². The summed E-state index contributed by atoms with van der Waals surface area (Å²) in [6.07, 6.45) is 1.31. The van der Waals surface area contributed by atoms with Gasteiger partial charge >= 0.3 is 0 Å². The van der Waals surface area contributed by atoms with Crippen LogP contribution in [0.15, 0.2) is 54.6 Å². The Morgan fingerprint density at radius 3 is 2.19 bits per heavy atom. The number of likely N-dealkylation sites (N-methyl/N-ethyl adjacent to an activating group) is 1. The van der Waals surface area contributed by atoms with Gasteiger partial charge in [0.25, 0.3) is 0 Å². The second-order valence-corrected chi connectivity index (χ2v) is 5.97. The van der Waals surface area contributed by atoms with Gasteiger partial charge in [0.05, 0.1) is 6.34 Å². The van der Waals surface area contributed by atoms with Crippen molar-refractivity contribution in [2.45, 2.75) is 6.92 Å². The minimum atomic E-state index is 0.106. The highest BCUT2D eigenvalue weighted by atomic mass is 32.2. The monoisotopic (exact) mass is 377 g/mol. The molecule has 2 aromatic rings. The van der Waals surface area contributed by atoms with Gasteiger partial charge in [0, 0.05) is 43.7 Å². The lowest BCUT2D eigenvalue weighted by Gasteiger charge is -2.23. The Morgan fingerprint density at radius 2 is 1.69 bits per heavy atom. The lowest BCUT2D eigenvalue weighted by atomic mass is 10.2. The highest BCUT2D eigenvalue weighted by Crippen LogP contribution is 2.16. The Balaban J connectivity index is 0.000000765. The van der Waals surface area contributed by atoms with Gasteiger partial charge < -0.3 is 15.1 Å². The number of rotatable bonds is 9. The van der Waals surface area contributed by atoms with Crippen LogP contribution in [0.1, 0.15) is 6.92 Å². The van der Waals surface area contributed by atoms with Gasteiger partial charge in [-0.1, -0.05) is 18.2 Å². The number of anilines is 3. The predicted molar refractivity (Wildman–Crippen MR) is 114 cm³/mol. The molecule has 7 heteroatoms. The predicted octanol–water partition coefficient (Wildman–Crippen LogP) is 4.41. The summed E-state index contributed by atoms with van der Waals surface area (Å²) in [5.41, 5.74) is 3.38. The summed E-state index contributed by atoms with van der Waals surface area (Å²) < 4.78 is 12.7. The van der Waals surface area contributed by atoms with Crippen LogP contribution in [0.3, 0.4) is 0 Å². The van der Waals surface area contributed by atoms with E-state index in [1.807, 2.05) is 37.4 Å². The van der Waals surface area contributed by atoms with Crippen molar-refractivity contribution in [2.75, 3.05) is 48.8 Å². The minimum absolute atomic E-state index is 0.106. The van der Waals surface area contributed by atoms with Gasteiger partial charge in [-0.2, -0.15) is 0 Å². The van der Waals surface area contributed by atoms with E-state index in [2.05, 4.69) is 46.1 Å². The summed E-state index contributed by atoms with van der Waals surface area (Å²) in [5.74, 6) is 0. The molecule has 0 aliphatic heterocycles. The molecule has 0 aliphatic carbocycles. The maximum atomic E-state index is 10.5. The lowest BCUT2D eigenvalue weighted by molar-refractivity contribution is 0.835. The molecule has 0 bridgehead atoms. The van der Waals surface area contributed by atoms with Crippen molar-refractivity contribution in [3.63, 3.8) is 0 Å². The van der Waals surface area contributed by atoms with Crippen molar-refractivity contribution >= 4 is 35.7 Å². The van der Waals surface area contributed by atoms with Crippen molar-refractivity contribution in [1.82, 2.24) is 4.72 Å². The van der Waals surface area contributed by atoms with Crippen LogP contribution in [0.5, 0.6) is 0 Å². The van der Waals surface area contributed by atoms with Crippen LogP contribution in [0.25, 0.3) is 0 Å². The molecule has 0 saturated heterocycles. The molecule has 0 heterocycles. The summed E-state index contributed by atoms with van der Waals surface area (Å²) in [5, 5.41) is 10.7. The highest BCUT2D eigenvalue weighted by molar-refractivity contribution is 7.92. The molecule has 142 valence electrons. The van der Waals surface area contributed by atoms with E-state index in [0.717, 1.165) is 31.0 Å². The van der Waals surface area contributed by atoms with E-state index < -0.39 is 0 Å². The number of hydrogen-bond donors (Lipinski definition) is 3. The Labute approximate surface area is 160 Å². The van der Waals surface area contributed by atoms with Gasteiger partial charge in [0.1, 0.15) is 12.3 Å². The second-order valence-electron chi connectivity index (χ2n) is 5.41. The standard InChI is InChI=1S/C18H24N4.CH4FNS/c1-3-22(18-7-5-4-6-8-18)14-13-20-16-9-11-17(12-10-16)21(2)15-19;1-3-4-2/h4-12,15,19-20H,3,13-14H2,1-2H3;3H,1H3. The number of para-hydroxylation sites is 1. The first kappa shape index (κ1) is 21.8. The topological polar surface area (TPSA) is 54.4 Å². The van der Waals surface area contributed by atoms with Crippen LogP contribution >= 0.6 is 12.3 Å². The first-order valence-corrected chi connectivity index (χ1v) is 9.19. The largest absolute Gasteiger partial charge is 0.383 e. The van der Waals surface area contributed by atoms with Crippen LogP contribution < -0.4 is 19.8 Å². The van der Waals surface area contributed by atoms with Gasteiger partial charge in [-0.3, -0.25) is 5.41 Å². The summed E-state index contributed by atoms with van der Waals surface area (Å²) in [4.78, 5) is 4.13. The summed E-state index contributed by atoms with van der Waals surface area (Å²) in [6.45, 7) is 5.02. The fraction of sp³-hybridized carbons (Fsp3) is 0.316. The van der Waals surface area contributed by atoms with Gasteiger partial charge in [-0.15, -0.1) is 3.89 Å². The highest BCUT2D eigenvalue weighted by Gasteiger charge is 2.03. The molecule has 2 aromatic carbocycles. The van der Waals surface area contributed by atoms with E-state index in [0.29, 0.717) is 0 Å². The molecule has 0 atom stereocenters. The minimum Gasteiger partial charge on any atom is -0.383 e. The van der Waals surface area contributed by atoms with Crippen LogP contribution in [-0.2, 0) is 0 Å². The van der Waals surface area contributed by atoms with Crippen LogP contribution in [0.2, 0.25) is 0 Å². The molecule has 0 radical (unpaired) electrons. The average molecular weight is 378 g/mol. The molecule has 0 amide bonds. The van der Waals surface area contributed by atoms with Gasteiger partial charge in [-0.05, 0) is 50.4 Å². The molecule has 5 nitrogen and oxygen atoms in total. The van der Waals surface area contributed by atoms with Crippen molar-refractivity contribution in [3.05, 3.63) is 54.6 Å². The molecule has 0 aromatic heterocycles. The lowest BCUT2D eigenvalue weighted by Crippen LogP contribution is -2.28. The number of nitrogens with one attached hydrogen (secondary N) is 3. The maximum absolute atomic E-state index is 10.5. The van der Waals surface area contributed by atoms with Gasteiger partial charge in [0.2, 0.25) is 0 Å². The molecule has 2 rings (SSSR count). The zero-order valence-corrected chi connectivity index (χ0v) is 16.4. The Bertz CT molecular complexity index is 607. The maximum Gasteiger partial charge on any atom is 0.131 e. The van der Waals surface area contributed by atoms with E-state index in [1.54, 1.807) is 4.90 Å².